The SMILES string of the molecule is Clc1ccc2c(c1)N=C(N1CCN3CC(OCc4ccccc4)CC3C1)c1ccccc1O2. The smallest absolute Gasteiger partial charge is 0.153 e. The molecular weight excluding hydrogens is 434 g/mol. The molecule has 3 aliphatic heterocycles. The van der Waals surface area contributed by atoms with Crippen molar-refractivity contribution in [3.05, 3.63) is 88.9 Å². The highest BCUT2D eigenvalue weighted by atomic mass is 35.5. The van der Waals surface area contributed by atoms with Crippen LogP contribution in [0.25, 0.3) is 0 Å². The van der Waals surface area contributed by atoms with Crippen molar-refractivity contribution in [3.63, 3.8) is 0 Å². The van der Waals surface area contributed by atoms with E-state index in [0.717, 1.165) is 61.2 Å². The molecule has 6 rings (SSSR count). The van der Waals surface area contributed by atoms with Crippen molar-refractivity contribution in [2.45, 2.75) is 25.2 Å². The topological polar surface area (TPSA) is 37.3 Å². The molecule has 168 valence electrons. The van der Waals surface area contributed by atoms with E-state index in [-0.39, 0.29) is 6.10 Å². The summed E-state index contributed by atoms with van der Waals surface area (Å²) in [5, 5.41) is 0.658. The standard InChI is InChI=1S/C27H26ClN3O2/c28-20-10-11-26-24(14-20)29-27(23-8-4-5-9-25(23)33-26)31-13-12-30-17-22(15-21(30)16-31)32-18-19-6-2-1-3-7-19/h1-11,14,21-22H,12-13,15-18H2. The second-order valence-electron chi connectivity index (χ2n) is 8.89. The van der Waals surface area contributed by atoms with Gasteiger partial charge in [-0.2, -0.15) is 0 Å². The van der Waals surface area contributed by atoms with Gasteiger partial charge in [-0.3, -0.25) is 4.90 Å². The van der Waals surface area contributed by atoms with Crippen LogP contribution in [-0.4, -0.2) is 54.0 Å². The first-order valence-corrected chi connectivity index (χ1v) is 11.9. The van der Waals surface area contributed by atoms with E-state index in [0.29, 0.717) is 17.7 Å². The zero-order chi connectivity index (χ0) is 22.2. The number of piperazine rings is 1. The van der Waals surface area contributed by atoms with Crippen molar-refractivity contribution in [2.75, 3.05) is 26.2 Å². The Balaban J connectivity index is 1.22. The number of hydrogen-bond donors (Lipinski definition) is 0. The van der Waals surface area contributed by atoms with Gasteiger partial charge in [-0.05, 0) is 42.3 Å². The lowest BCUT2D eigenvalue weighted by atomic mass is 10.1. The highest BCUT2D eigenvalue weighted by Crippen LogP contribution is 2.40. The minimum Gasteiger partial charge on any atom is -0.454 e. The van der Waals surface area contributed by atoms with Crippen molar-refractivity contribution >= 4 is 23.1 Å². The Kier molecular flexibility index (Phi) is 5.54. The van der Waals surface area contributed by atoms with Gasteiger partial charge in [0.25, 0.3) is 0 Å². The zero-order valence-electron chi connectivity index (χ0n) is 18.4. The summed E-state index contributed by atoms with van der Waals surface area (Å²) in [6.45, 7) is 4.51. The number of nitrogens with zero attached hydrogens (tertiary/aromatic N) is 3. The summed E-state index contributed by atoms with van der Waals surface area (Å²) in [5.41, 5.74) is 3.02. The number of ether oxygens (including phenoxy) is 2. The van der Waals surface area contributed by atoms with Crippen LogP contribution in [0.2, 0.25) is 5.02 Å². The predicted molar refractivity (Wildman–Crippen MR) is 131 cm³/mol. The number of fused-ring (bicyclic) bond motifs is 3. The van der Waals surface area contributed by atoms with Crippen LogP contribution < -0.4 is 4.74 Å². The molecular formula is C27H26ClN3O2. The molecule has 3 aromatic rings. The maximum Gasteiger partial charge on any atom is 0.153 e. The van der Waals surface area contributed by atoms with Gasteiger partial charge >= 0.3 is 0 Å². The third-order valence-electron chi connectivity index (χ3n) is 6.70. The molecule has 2 saturated heterocycles. The predicted octanol–water partition coefficient (Wildman–Crippen LogP) is 5.50. The molecule has 2 fully saturated rings. The molecule has 0 bridgehead atoms. The van der Waals surface area contributed by atoms with E-state index in [1.165, 1.54) is 5.56 Å². The maximum absolute atomic E-state index is 6.28. The molecule has 3 aromatic carbocycles. The Morgan fingerprint density at radius 2 is 1.79 bits per heavy atom. The van der Waals surface area contributed by atoms with E-state index in [9.17, 15) is 0 Å². The van der Waals surface area contributed by atoms with Crippen molar-refractivity contribution in [2.24, 2.45) is 4.99 Å². The molecule has 0 aromatic heterocycles. The molecule has 0 saturated carbocycles. The maximum atomic E-state index is 6.28. The van der Waals surface area contributed by atoms with E-state index in [2.05, 4.69) is 40.1 Å². The summed E-state index contributed by atoms with van der Waals surface area (Å²) in [6.07, 6.45) is 1.30. The van der Waals surface area contributed by atoms with Crippen molar-refractivity contribution < 1.29 is 9.47 Å². The minimum atomic E-state index is 0.265. The van der Waals surface area contributed by atoms with Gasteiger partial charge in [-0.25, -0.2) is 4.99 Å². The monoisotopic (exact) mass is 459 g/mol. The molecule has 2 atom stereocenters. The van der Waals surface area contributed by atoms with Crippen LogP contribution in [-0.2, 0) is 11.3 Å². The number of rotatable bonds is 3. The van der Waals surface area contributed by atoms with Gasteiger partial charge in [-0.1, -0.05) is 54.1 Å². The van der Waals surface area contributed by atoms with E-state index >= 15 is 0 Å². The van der Waals surface area contributed by atoms with Crippen molar-refractivity contribution in [1.82, 2.24) is 9.80 Å². The van der Waals surface area contributed by atoms with E-state index in [4.69, 9.17) is 26.1 Å². The van der Waals surface area contributed by atoms with Crippen LogP contribution >= 0.6 is 11.6 Å². The summed E-state index contributed by atoms with van der Waals surface area (Å²) in [4.78, 5) is 10.0. The number of amidine groups is 1. The van der Waals surface area contributed by atoms with Gasteiger partial charge < -0.3 is 14.4 Å². The second kappa shape index (κ2) is 8.82. The third kappa shape index (κ3) is 4.24. The third-order valence-corrected chi connectivity index (χ3v) is 6.94. The average Bonchev–Trinajstić information content (AvgIpc) is 3.18. The van der Waals surface area contributed by atoms with Crippen LogP contribution in [0.3, 0.4) is 0 Å². The van der Waals surface area contributed by atoms with E-state index < -0.39 is 0 Å². The molecule has 3 heterocycles. The number of hydrogen-bond acceptors (Lipinski definition) is 5. The Bertz CT molecular complexity index is 1180. The minimum absolute atomic E-state index is 0.265. The van der Waals surface area contributed by atoms with Crippen LogP contribution in [0, 0.1) is 0 Å². The molecule has 0 spiro atoms. The summed E-state index contributed by atoms with van der Waals surface area (Å²) in [5.74, 6) is 2.52. The van der Waals surface area contributed by atoms with Crippen LogP contribution in [0.15, 0.2) is 77.8 Å². The van der Waals surface area contributed by atoms with Gasteiger partial charge in [0, 0.05) is 37.2 Å². The molecule has 0 N–H and O–H groups in total. The molecule has 5 nitrogen and oxygen atoms in total. The number of para-hydroxylation sites is 1. The molecule has 0 radical (unpaired) electrons. The van der Waals surface area contributed by atoms with Gasteiger partial charge in [-0.15, -0.1) is 0 Å². The van der Waals surface area contributed by atoms with Gasteiger partial charge in [0.1, 0.15) is 17.3 Å². The normalized spacial score (nSPS) is 22.0. The molecule has 0 amide bonds. The molecule has 0 aliphatic carbocycles. The van der Waals surface area contributed by atoms with Gasteiger partial charge in [0.2, 0.25) is 0 Å². The van der Waals surface area contributed by atoms with Crippen LogP contribution in [0.5, 0.6) is 11.5 Å². The largest absolute Gasteiger partial charge is 0.454 e. The second-order valence-corrected chi connectivity index (χ2v) is 9.33. The highest BCUT2D eigenvalue weighted by Gasteiger charge is 2.38. The van der Waals surface area contributed by atoms with Crippen molar-refractivity contribution in [3.8, 4) is 11.5 Å². The fourth-order valence-electron chi connectivity index (χ4n) is 5.04. The molecule has 3 aliphatic rings. The Labute approximate surface area is 199 Å². The Morgan fingerprint density at radius 1 is 0.939 bits per heavy atom. The van der Waals surface area contributed by atoms with E-state index in [1.807, 2.05) is 42.5 Å². The summed E-state index contributed by atoms with van der Waals surface area (Å²) >= 11 is 6.28. The highest BCUT2D eigenvalue weighted by molar-refractivity contribution is 6.31. The summed E-state index contributed by atoms with van der Waals surface area (Å²) in [6, 6.07) is 24.6. The lowest BCUT2D eigenvalue weighted by Crippen LogP contribution is -2.52. The number of aliphatic imine (C=N–C) groups is 1. The first-order valence-electron chi connectivity index (χ1n) is 11.5. The summed E-state index contributed by atoms with van der Waals surface area (Å²) < 4.78 is 12.5. The van der Waals surface area contributed by atoms with Gasteiger partial charge in [0.05, 0.1) is 18.3 Å². The zero-order valence-corrected chi connectivity index (χ0v) is 19.1. The van der Waals surface area contributed by atoms with E-state index in [1.54, 1.807) is 0 Å². The molecule has 6 heteroatoms. The Hall–Kier alpha value is -2.86. The first kappa shape index (κ1) is 20.7. The first-order chi connectivity index (χ1) is 16.2. The lowest BCUT2D eigenvalue weighted by molar-refractivity contribution is 0.0465. The number of halogens is 1. The van der Waals surface area contributed by atoms with Gasteiger partial charge in [0.15, 0.2) is 5.75 Å². The number of benzene rings is 3. The van der Waals surface area contributed by atoms with Crippen LogP contribution in [0.4, 0.5) is 5.69 Å². The molecule has 2 unspecified atom stereocenters. The molecule has 33 heavy (non-hydrogen) atoms. The van der Waals surface area contributed by atoms with Crippen molar-refractivity contribution in [1.29, 1.82) is 0 Å². The Morgan fingerprint density at radius 3 is 2.70 bits per heavy atom. The summed E-state index contributed by atoms with van der Waals surface area (Å²) in [7, 11) is 0. The average molecular weight is 460 g/mol. The van der Waals surface area contributed by atoms with Crippen LogP contribution in [0.1, 0.15) is 17.5 Å². The fraction of sp³-hybridized carbons (Fsp3) is 0.296. The quantitative estimate of drug-likeness (QED) is 0.518. The lowest BCUT2D eigenvalue weighted by Gasteiger charge is -2.39. The fourth-order valence-corrected chi connectivity index (χ4v) is 5.20.